The lowest BCUT2D eigenvalue weighted by molar-refractivity contribution is -0.144. The minimum Gasteiger partial charge on any atom is -0.467 e. The number of ether oxygens (including phenoxy) is 2. The molecule has 0 aliphatic rings. The third-order valence-electron chi connectivity index (χ3n) is 4.22. The third-order valence-corrected chi connectivity index (χ3v) is 4.59. The van der Waals surface area contributed by atoms with Crippen LogP contribution in [0.4, 0.5) is 0 Å². The van der Waals surface area contributed by atoms with Crippen molar-refractivity contribution in [3.05, 3.63) is 60.2 Å². The van der Waals surface area contributed by atoms with Gasteiger partial charge in [-0.15, -0.1) is 0 Å². The smallest absolute Gasteiger partial charge is 0.356 e. The molecule has 0 aliphatic heterocycles. The first-order chi connectivity index (χ1) is 17.8. The zero-order valence-corrected chi connectivity index (χ0v) is 22.8. The van der Waals surface area contributed by atoms with Crippen LogP contribution < -0.4 is 10.6 Å². The van der Waals surface area contributed by atoms with Crippen LogP contribution in [0, 0.1) is 0 Å². The predicted octanol–water partition coefficient (Wildman–Crippen LogP) is 3.24. The molecule has 2 aromatic rings. The molecule has 11 heteroatoms. The largest absolute Gasteiger partial charge is 0.467 e. The maximum absolute atomic E-state index is 11.2. The molecule has 1 atom stereocenters. The van der Waals surface area contributed by atoms with Crippen molar-refractivity contribution in [2.24, 2.45) is 0 Å². The number of thiol groups is 1. The van der Waals surface area contributed by atoms with Gasteiger partial charge < -0.3 is 20.1 Å². The lowest BCUT2D eigenvalue weighted by Crippen LogP contribution is -2.42. The second kappa shape index (κ2) is 21.8. The van der Waals surface area contributed by atoms with E-state index in [-0.39, 0.29) is 23.5 Å². The molecule has 2 rings (SSSR count). The number of rotatable bonds is 11. The van der Waals surface area contributed by atoms with Gasteiger partial charge >= 0.3 is 11.9 Å². The van der Waals surface area contributed by atoms with E-state index in [0.29, 0.717) is 31.0 Å². The first-order valence-electron chi connectivity index (χ1n) is 12.1. The fourth-order valence-corrected chi connectivity index (χ4v) is 2.63. The normalized spacial score (nSPS) is 10.3. The summed E-state index contributed by atoms with van der Waals surface area (Å²) in [5, 5.41) is 5.28. The highest BCUT2D eigenvalue weighted by atomic mass is 32.1. The van der Waals surface area contributed by atoms with Gasteiger partial charge in [0, 0.05) is 31.1 Å². The fraction of sp³-hybridized carbons (Fsp3) is 0.462. The highest BCUT2D eigenvalue weighted by Gasteiger charge is 2.18. The molecule has 2 aromatic heterocycles. The maximum atomic E-state index is 11.2. The van der Waals surface area contributed by atoms with Gasteiger partial charge in [-0.05, 0) is 43.5 Å². The SMILES string of the molecule is CCCC(=O)NC(CS)C(=O)OC.CCCNC(=O)c1ccccn1.CCCOC(=O)c1ccccn1. The average molecular weight is 535 g/mol. The summed E-state index contributed by atoms with van der Waals surface area (Å²) in [4.78, 5) is 52.2. The quantitative estimate of drug-likeness (QED) is 0.295. The van der Waals surface area contributed by atoms with E-state index >= 15 is 0 Å². The van der Waals surface area contributed by atoms with Crippen molar-refractivity contribution in [3.63, 3.8) is 0 Å². The van der Waals surface area contributed by atoms with Gasteiger partial charge in [0.25, 0.3) is 5.91 Å². The summed E-state index contributed by atoms with van der Waals surface area (Å²) in [6.45, 7) is 7.02. The average Bonchev–Trinajstić information content (AvgIpc) is 2.94. The van der Waals surface area contributed by atoms with Gasteiger partial charge in [-0.25, -0.2) is 14.6 Å². The van der Waals surface area contributed by atoms with Crippen molar-refractivity contribution in [3.8, 4) is 0 Å². The Labute approximate surface area is 224 Å². The number of amides is 2. The van der Waals surface area contributed by atoms with E-state index in [1.165, 1.54) is 7.11 Å². The van der Waals surface area contributed by atoms with Crippen LogP contribution in [0.2, 0.25) is 0 Å². The highest BCUT2D eigenvalue weighted by Crippen LogP contribution is 1.97. The zero-order valence-electron chi connectivity index (χ0n) is 21.9. The summed E-state index contributed by atoms with van der Waals surface area (Å²) in [5.41, 5.74) is 0.844. The number of carbonyl (C=O) groups is 4. The molecule has 2 heterocycles. The van der Waals surface area contributed by atoms with E-state index in [1.54, 1.807) is 48.8 Å². The summed E-state index contributed by atoms with van der Waals surface area (Å²) < 4.78 is 9.36. The maximum Gasteiger partial charge on any atom is 0.356 e. The van der Waals surface area contributed by atoms with Gasteiger partial charge in [0.15, 0.2) is 0 Å². The Morgan fingerprint density at radius 1 is 0.919 bits per heavy atom. The van der Waals surface area contributed by atoms with E-state index in [9.17, 15) is 19.2 Å². The molecule has 1 unspecified atom stereocenters. The highest BCUT2D eigenvalue weighted by molar-refractivity contribution is 7.80. The molecule has 0 saturated heterocycles. The molecule has 37 heavy (non-hydrogen) atoms. The summed E-state index contributed by atoms with van der Waals surface area (Å²) in [6.07, 6.45) is 6.13. The van der Waals surface area contributed by atoms with Crippen molar-refractivity contribution >= 4 is 36.4 Å². The summed E-state index contributed by atoms with van der Waals surface area (Å²) in [6, 6.07) is 9.81. The third kappa shape index (κ3) is 16.0. The summed E-state index contributed by atoms with van der Waals surface area (Å²) >= 11 is 3.94. The number of esters is 2. The van der Waals surface area contributed by atoms with Crippen LogP contribution in [0.25, 0.3) is 0 Å². The monoisotopic (exact) mass is 534 g/mol. The fourth-order valence-electron chi connectivity index (χ4n) is 2.39. The lowest BCUT2D eigenvalue weighted by atomic mass is 10.3. The van der Waals surface area contributed by atoms with Crippen molar-refractivity contribution in [2.75, 3.05) is 26.0 Å². The second-order valence-corrected chi connectivity index (χ2v) is 7.76. The number of hydrogen-bond acceptors (Lipinski definition) is 9. The van der Waals surface area contributed by atoms with E-state index < -0.39 is 12.0 Å². The number of pyridine rings is 2. The van der Waals surface area contributed by atoms with Crippen molar-refractivity contribution in [1.82, 2.24) is 20.6 Å². The number of methoxy groups -OCH3 is 1. The number of aromatic nitrogens is 2. The first-order valence-corrected chi connectivity index (χ1v) is 12.7. The number of carbonyl (C=O) groups excluding carboxylic acids is 4. The van der Waals surface area contributed by atoms with Gasteiger partial charge in [-0.3, -0.25) is 14.6 Å². The molecule has 2 N–H and O–H groups in total. The van der Waals surface area contributed by atoms with E-state index in [4.69, 9.17) is 4.74 Å². The van der Waals surface area contributed by atoms with Crippen LogP contribution in [-0.2, 0) is 19.1 Å². The Bertz CT molecular complexity index is 860. The topological polar surface area (TPSA) is 137 Å². The molecule has 0 fully saturated rings. The standard InChI is InChI=1S/C9H12N2O.C9H11NO2.C8H15NO3S/c1-2-6-11-9(12)8-5-3-4-7-10-8;1-2-7-12-9(11)8-5-3-4-6-10-8;1-3-4-7(10)9-6(5-13)8(11)12-2/h3-5,7H,2,6H2,1H3,(H,11,12);3-6H,2,7H2,1H3;6,13H,3-5H2,1-2H3,(H,9,10). The predicted molar refractivity (Wildman–Crippen MR) is 144 cm³/mol. The summed E-state index contributed by atoms with van der Waals surface area (Å²) in [5.74, 6) is -0.802. The van der Waals surface area contributed by atoms with Gasteiger partial charge in [-0.1, -0.05) is 32.9 Å². The van der Waals surface area contributed by atoms with Crippen LogP contribution in [0.3, 0.4) is 0 Å². The van der Waals surface area contributed by atoms with Crippen LogP contribution in [0.5, 0.6) is 0 Å². The number of nitrogens with one attached hydrogen (secondary N) is 2. The Kier molecular flexibility index (Phi) is 19.7. The lowest BCUT2D eigenvalue weighted by Gasteiger charge is -2.13. The van der Waals surface area contributed by atoms with E-state index in [2.05, 4.69) is 38.0 Å². The molecule has 0 spiro atoms. The number of hydrogen-bond donors (Lipinski definition) is 3. The van der Waals surface area contributed by atoms with Gasteiger partial charge in [0.05, 0.1) is 13.7 Å². The molecule has 0 saturated carbocycles. The van der Waals surface area contributed by atoms with Crippen LogP contribution in [0.15, 0.2) is 48.8 Å². The Hall–Kier alpha value is -3.47. The Morgan fingerprint density at radius 2 is 1.54 bits per heavy atom. The van der Waals surface area contributed by atoms with Crippen LogP contribution in [-0.4, -0.2) is 65.8 Å². The van der Waals surface area contributed by atoms with Gasteiger partial charge in [0.2, 0.25) is 5.91 Å². The van der Waals surface area contributed by atoms with E-state index in [0.717, 1.165) is 19.3 Å². The molecule has 204 valence electrons. The molecule has 10 nitrogen and oxygen atoms in total. The molecular formula is C26H38N4O6S. The first kappa shape index (κ1) is 33.5. The molecular weight excluding hydrogens is 496 g/mol. The minimum atomic E-state index is -0.632. The van der Waals surface area contributed by atoms with E-state index in [1.807, 2.05) is 20.8 Å². The number of nitrogens with zero attached hydrogens (tertiary/aromatic N) is 2. The van der Waals surface area contributed by atoms with Crippen molar-refractivity contribution < 1.29 is 28.7 Å². The van der Waals surface area contributed by atoms with Crippen molar-refractivity contribution in [2.45, 2.75) is 52.5 Å². The zero-order chi connectivity index (χ0) is 27.9. The molecule has 0 bridgehead atoms. The van der Waals surface area contributed by atoms with Gasteiger partial charge in [-0.2, -0.15) is 12.6 Å². The van der Waals surface area contributed by atoms with Crippen LogP contribution in [0.1, 0.15) is 67.4 Å². The molecule has 0 radical (unpaired) electrons. The minimum absolute atomic E-state index is 0.0996. The Morgan fingerprint density at radius 3 is 2.00 bits per heavy atom. The summed E-state index contributed by atoms with van der Waals surface area (Å²) in [7, 11) is 1.28. The molecule has 0 aliphatic carbocycles. The second-order valence-electron chi connectivity index (χ2n) is 7.40. The van der Waals surface area contributed by atoms with Crippen LogP contribution >= 0.6 is 12.6 Å². The molecule has 0 aromatic carbocycles. The Balaban J connectivity index is 0.000000526. The van der Waals surface area contributed by atoms with Crippen molar-refractivity contribution in [1.29, 1.82) is 0 Å². The van der Waals surface area contributed by atoms with Gasteiger partial charge in [0.1, 0.15) is 17.4 Å². The molecule has 2 amide bonds.